The minimum atomic E-state index is 0.914. The molecule has 0 bridgehead atoms. The molecule has 3 heteroatoms. The first-order chi connectivity index (χ1) is 20.3. The molecule has 9 rings (SSSR count). The number of benzene rings is 7. The molecule has 0 N–H and O–H groups in total. The summed E-state index contributed by atoms with van der Waals surface area (Å²) in [6.07, 6.45) is 3.55. The van der Waals surface area contributed by atoms with Crippen LogP contribution in [0.2, 0.25) is 0 Å². The smallest absolute Gasteiger partial charge is 0.143 e. The molecule has 9 aromatic rings. The highest BCUT2D eigenvalue weighted by Crippen LogP contribution is 2.39. The van der Waals surface area contributed by atoms with Crippen molar-refractivity contribution in [2.45, 2.75) is 0 Å². The van der Waals surface area contributed by atoms with Crippen LogP contribution in [0.1, 0.15) is 0 Å². The summed E-state index contributed by atoms with van der Waals surface area (Å²) in [5.74, 6) is 0. The predicted molar refractivity (Wildman–Crippen MR) is 170 cm³/mol. The fraction of sp³-hybridized carbons (Fsp3) is 0. The quantitative estimate of drug-likeness (QED) is 0.212. The Morgan fingerprint density at radius 3 is 1.95 bits per heavy atom. The first-order valence-corrected chi connectivity index (χ1v) is 13.8. The van der Waals surface area contributed by atoms with Gasteiger partial charge in [0, 0.05) is 39.5 Å². The van der Waals surface area contributed by atoms with E-state index < -0.39 is 0 Å². The summed E-state index contributed by atoms with van der Waals surface area (Å²) >= 11 is 0. The second kappa shape index (κ2) is 8.48. The predicted octanol–water partition coefficient (Wildman–Crippen LogP) is 10.3. The second-order valence-corrected chi connectivity index (χ2v) is 10.6. The van der Waals surface area contributed by atoms with E-state index in [1.807, 2.05) is 0 Å². The third-order valence-electron chi connectivity index (χ3n) is 8.32. The van der Waals surface area contributed by atoms with E-state index >= 15 is 0 Å². The van der Waals surface area contributed by atoms with Crippen LogP contribution >= 0.6 is 0 Å². The Hall–Kier alpha value is -5.54. The van der Waals surface area contributed by atoms with E-state index in [0.29, 0.717) is 0 Å². The lowest BCUT2D eigenvalue weighted by Crippen LogP contribution is -1.89. The molecular formula is C38H22N2O. The van der Waals surface area contributed by atoms with Crippen molar-refractivity contribution in [3.8, 4) is 22.3 Å². The Labute approximate surface area is 235 Å². The van der Waals surface area contributed by atoms with Crippen molar-refractivity contribution in [2.24, 2.45) is 0 Å². The zero-order valence-corrected chi connectivity index (χ0v) is 22.0. The summed E-state index contributed by atoms with van der Waals surface area (Å²) in [6, 6.07) is 43.1. The maximum Gasteiger partial charge on any atom is 0.143 e. The maximum absolute atomic E-state index is 6.52. The van der Waals surface area contributed by atoms with Gasteiger partial charge in [-0.3, -0.25) is 9.97 Å². The average Bonchev–Trinajstić information content (AvgIpc) is 3.41. The zero-order valence-electron chi connectivity index (χ0n) is 22.0. The molecule has 0 fully saturated rings. The lowest BCUT2D eigenvalue weighted by atomic mass is 9.94. The monoisotopic (exact) mass is 522 g/mol. The van der Waals surface area contributed by atoms with Crippen molar-refractivity contribution in [3.05, 3.63) is 134 Å². The van der Waals surface area contributed by atoms with E-state index in [2.05, 4.69) is 121 Å². The minimum absolute atomic E-state index is 0.914. The second-order valence-electron chi connectivity index (χ2n) is 10.6. The van der Waals surface area contributed by atoms with Gasteiger partial charge in [-0.15, -0.1) is 0 Å². The fourth-order valence-electron chi connectivity index (χ4n) is 6.39. The number of fused-ring (bicyclic) bond motifs is 10. The number of nitrogens with zero attached hydrogens (tertiary/aromatic N) is 2. The average molecular weight is 523 g/mol. The van der Waals surface area contributed by atoms with Crippen molar-refractivity contribution in [1.82, 2.24) is 9.97 Å². The first-order valence-electron chi connectivity index (χ1n) is 13.8. The Bertz CT molecular complexity index is 2450. The number of hydrogen-bond donors (Lipinski definition) is 0. The molecule has 0 atom stereocenters. The molecule has 0 aliphatic heterocycles. The van der Waals surface area contributed by atoms with Gasteiger partial charge in [0.05, 0.1) is 11.0 Å². The molecule has 2 heterocycles. The molecular weight excluding hydrogens is 500 g/mol. The van der Waals surface area contributed by atoms with Crippen molar-refractivity contribution < 1.29 is 4.42 Å². The fourth-order valence-corrected chi connectivity index (χ4v) is 6.39. The largest absolute Gasteiger partial charge is 0.455 e. The van der Waals surface area contributed by atoms with Crippen molar-refractivity contribution in [3.63, 3.8) is 0 Å². The van der Waals surface area contributed by atoms with Gasteiger partial charge in [-0.2, -0.15) is 0 Å². The van der Waals surface area contributed by atoms with Crippen LogP contribution in [-0.2, 0) is 0 Å². The van der Waals surface area contributed by atoms with E-state index in [4.69, 9.17) is 14.4 Å². The topological polar surface area (TPSA) is 38.9 Å². The van der Waals surface area contributed by atoms with E-state index in [1.165, 1.54) is 21.5 Å². The number of hydrogen-bond acceptors (Lipinski definition) is 3. The van der Waals surface area contributed by atoms with Crippen LogP contribution in [0, 0.1) is 0 Å². The Balaban J connectivity index is 1.24. The number of aromatic nitrogens is 2. The maximum atomic E-state index is 6.52. The van der Waals surface area contributed by atoms with Crippen LogP contribution < -0.4 is 0 Å². The molecule has 0 spiro atoms. The van der Waals surface area contributed by atoms with E-state index in [9.17, 15) is 0 Å². The summed E-state index contributed by atoms with van der Waals surface area (Å²) in [5.41, 5.74) is 8.20. The summed E-state index contributed by atoms with van der Waals surface area (Å²) < 4.78 is 6.52. The van der Waals surface area contributed by atoms with E-state index in [1.54, 1.807) is 12.4 Å². The van der Waals surface area contributed by atoms with Crippen molar-refractivity contribution in [1.29, 1.82) is 0 Å². The van der Waals surface area contributed by atoms with E-state index in [-0.39, 0.29) is 0 Å². The first kappa shape index (κ1) is 22.3. The van der Waals surface area contributed by atoms with Gasteiger partial charge in [0.15, 0.2) is 0 Å². The molecule has 2 aromatic heterocycles. The molecule has 0 saturated carbocycles. The van der Waals surface area contributed by atoms with Gasteiger partial charge >= 0.3 is 0 Å². The molecule has 3 nitrogen and oxygen atoms in total. The Morgan fingerprint density at radius 2 is 1.07 bits per heavy atom. The van der Waals surface area contributed by atoms with Crippen LogP contribution in [0.3, 0.4) is 0 Å². The Kier molecular flexibility index (Phi) is 4.61. The van der Waals surface area contributed by atoms with Crippen molar-refractivity contribution >= 4 is 65.3 Å². The molecule has 190 valence electrons. The highest BCUT2D eigenvalue weighted by molar-refractivity contribution is 6.23. The SMILES string of the molecule is c1cc(-c2ccc3c4ccccc4c4nccnc4c3c2)cc(-c2cccc3c2oc2cc4ccccc4cc23)c1. The van der Waals surface area contributed by atoms with Gasteiger partial charge in [-0.25, -0.2) is 0 Å². The number of para-hydroxylation sites is 1. The van der Waals surface area contributed by atoms with Crippen LogP contribution in [0.5, 0.6) is 0 Å². The molecule has 0 amide bonds. The third kappa shape index (κ3) is 3.33. The van der Waals surface area contributed by atoms with E-state index in [0.717, 1.165) is 66.0 Å². The summed E-state index contributed by atoms with van der Waals surface area (Å²) in [4.78, 5) is 9.47. The van der Waals surface area contributed by atoms with Crippen LogP contribution in [0.25, 0.3) is 87.5 Å². The van der Waals surface area contributed by atoms with Gasteiger partial charge in [-0.1, -0.05) is 97.1 Å². The molecule has 7 aromatic carbocycles. The lowest BCUT2D eigenvalue weighted by molar-refractivity contribution is 0.670. The molecule has 0 radical (unpaired) electrons. The summed E-state index contributed by atoms with van der Waals surface area (Å²) in [7, 11) is 0. The van der Waals surface area contributed by atoms with Gasteiger partial charge in [0.1, 0.15) is 11.2 Å². The van der Waals surface area contributed by atoms with Crippen LogP contribution in [0.15, 0.2) is 138 Å². The van der Waals surface area contributed by atoms with Crippen LogP contribution in [-0.4, -0.2) is 9.97 Å². The van der Waals surface area contributed by atoms with Crippen LogP contribution in [0.4, 0.5) is 0 Å². The number of rotatable bonds is 2. The Morgan fingerprint density at radius 1 is 0.415 bits per heavy atom. The third-order valence-corrected chi connectivity index (χ3v) is 8.32. The highest BCUT2D eigenvalue weighted by Gasteiger charge is 2.15. The summed E-state index contributed by atoms with van der Waals surface area (Å²) in [5, 5.41) is 9.31. The highest BCUT2D eigenvalue weighted by atomic mass is 16.3. The van der Waals surface area contributed by atoms with Crippen molar-refractivity contribution in [2.75, 3.05) is 0 Å². The van der Waals surface area contributed by atoms with Gasteiger partial charge in [0.25, 0.3) is 0 Å². The zero-order chi connectivity index (χ0) is 26.9. The summed E-state index contributed by atoms with van der Waals surface area (Å²) in [6.45, 7) is 0. The molecule has 0 aliphatic rings. The normalized spacial score (nSPS) is 11.9. The molecule has 0 aliphatic carbocycles. The minimum Gasteiger partial charge on any atom is -0.455 e. The van der Waals surface area contributed by atoms with Gasteiger partial charge in [-0.05, 0) is 62.5 Å². The standard InChI is InChI=1S/C38H22N2O/c1-2-8-25-22-35-33(20-24(25)7-1)32-14-6-13-28(38(32)41-35)27-10-5-9-23(19-27)26-15-16-30-29-11-3-4-12-31(29)36-37(34(30)21-26)40-18-17-39-36/h1-22H. The molecule has 0 unspecified atom stereocenters. The molecule has 0 saturated heterocycles. The number of furan rings is 1. The van der Waals surface area contributed by atoms with Gasteiger partial charge in [0.2, 0.25) is 0 Å². The van der Waals surface area contributed by atoms with Gasteiger partial charge < -0.3 is 4.42 Å². The lowest BCUT2D eigenvalue weighted by Gasteiger charge is -2.11. The molecule has 41 heavy (non-hydrogen) atoms.